The van der Waals surface area contributed by atoms with Crippen LogP contribution in [0.4, 0.5) is 0 Å². The van der Waals surface area contributed by atoms with Crippen molar-refractivity contribution in [3.8, 4) is 0 Å². The number of carbonyl (C=O) groups is 1. The zero-order chi connectivity index (χ0) is 20.2. The van der Waals surface area contributed by atoms with Gasteiger partial charge in [-0.3, -0.25) is 14.7 Å². The van der Waals surface area contributed by atoms with Crippen molar-refractivity contribution >= 4 is 35.8 Å². The molecule has 1 aliphatic heterocycles. The number of nitrogens with zero attached hydrogens (tertiary/aromatic N) is 2. The third kappa shape index (κ3) is 10.3. The van der Waals surface area contributed by atoms with Crippen molar-refractivity contribution in [1.29, 1.82) is 0 Å². The van der Waals surface area contributed by atoms with E-state index in [2.05, 4.69) is 65.9 Å². The van der Waals surface area contributed by atoms with Gasteiger partial charge in [-0.05, 0) is 45.1 Å². The monoisotopic (exact) mass is 515 g/mol. The molecule has 0 unspecified atom stereocenters. The van der Waals surface area contributed by atoms with Crippen LogP contribution in [0.3, 0.4) is 0 Å². The lowest BCUT2D eigenvalue weighted by Crippen LogP contribution is -2.50. The van der Waals surface area contributed by atoms with E-state index < -0.39 is 0 Å². The van der Waals surface area contributed by atoms with Gasteiger partial charge in [0.25, 0.3) is 0 Å². The minimum absolute atomic E-state index is 0. The van der Waals surface area contributed by atoms with Gasteiger partial charge in [-0.25, -0.2) is 0 Å². The molecule has 0 atom stereocenters. The average molecular weight is 515 g/mol. The van der Waals surface area contributed by atoms with E-state index in [0.29, 0.717) is 12.6 Å². The number of nitrogens with one attached hydrogen (secondary N) is 3. The molecule has 3 N–H and O–H groups in total. The van der Waals surface area contributed by atoms with E-state index in [9.17, 15) is 4.79 Å². The SMILES string of the molecule is CCCNC(=O)CN1CCC(NC(=NCCc2ccc(C)cc2)NCC)CC1.I. The molecule has 0 spiro atoms. The molecule has 164 valence electrons. The smallest absolute Gasteiger partial charge is 0.234 e. The number of hydrogen-bond donors (Lipinski definition) is 3. The number of aliphatic imine (C=N–C) groups is 1. The fraction of sp³-hybridized carbons (Fsp3) is 0.636. The van der Waals surface area contributed by atoms with Gasteiger partial charge < -0.3 is 16.0 Å². The Morgan fingerprint density at radius 2 is 1.83 bits per heavy atom. The van der Waals surface area contributed by atoms with Crippen molar-refractivity contribution in [3.63, 3.8) is 0 Å². The highest BCUT2D eigenvalue weighted by molar-refractivity contribution is 14.0. The lowest BCUT2D eigenvalue weighted by Gasteiger charge is -2.32. The van der Waals surface area contributed by atoms with Gasteiger partial charge in [0.1, 0.15) is 0 Å². The van der Waals surface area contributed by atoms with Crippen molar-refractivity contribution in [2.75, 3.05) is 39.3 Å². The highest BCUT2D eigenvalue weighted by Crippen LogP contribution is 2.10. The predicted octanol–water partition coefficient (Wildman–Crippen LogP) is 2.70. The highest BCUT2D eigenvalue weighted by Gasteiger charge is 2.21. The number of halogens is 1. The lowest BCUT2D eigenvalue weighted by atomic mass is 10.1. The Morgan fingerprint density at radius 3 is 2.45 bits per heavy atom. The van der Waals surface area contributed by atoms with Crippen LogP contribution in [0.2, 0.25) is 0 Å². The van der Waals surface area contributed by atoms with Crippen LogP contribution in [0, 0.1) is 6.92 Å². The fourth-order valence-electron chi connectivity index (χ4n) is 3.32. The largest absolute Gasteiger partial charge is 0.357 e. The predicted molar refractivity (Wildman–Crippen MR) is 132 cm³/mol. The molecule has 1 saturated heterocycles. The Hall–Kier alpha value is -1.35. The van der Waals surface area contributed by atoms with Gasteiger partial charge in [-0.2, -0.15) is 0 Å². The number of benzene rings is 1. The second-order valence-electron chi connectivity index (χ2n) is 7.54. The summed E-state index contributed by atoms with van der Waals surface area (Å²) in [5.74, 6) is 1.04. The van der Waals surface area contributed by atoms with E-state index in [1.54, 1.807) is 0 Å². The molecule has 1 heterocycles. The van der Waals surface area contributed by atoms with Crippen LogP contribution in [0.15, 0.2) is 29.3 Å². The topological polar surface area (TPSA) is 68.8 Å². The summed E-state index contributed by atoms with van der Waals surface area (Å²) in [7, 11) is 0. The van der Waals surface area contributed by atoms with E-state index in [0.717, 1.165) is 64.4 Å². The van der Waals surface area contributed by atoms with E-state index in [4.69, 9.17) is 4.99 Å². The number of piperidine rings is 1. The van der Waals surface area contributed by atoms with Gasteiger partial charge in [-0.15, -0.1) is 24.0 Å². The number of carbonyl (C=O) groups excluding carboxylic acids is 1. The summed E-state index contributed by atoms with van der Waals surface area (Å²) < 4.78 is 0. The average Bonchev–Trinajstić information content (AvgIpc) is 2.69. The van der Waals surface area contributed by atoms with Gasteiger partial charge in [-0.1, -0.05) is 36.8 Å². The standard InChI is InChI=1S/C22H37N5O.HI/c1-4-13-24-21(28)17-27-15-11-20(12-16-27)26-22(23-5-2)25-14-10-19-8-6-18(3)7-9-19;/h6-9,20H,4-5,10-17H2,1-3H3,(H,24,28)(H2,23,25,26);1H. The third-order valence-corrected chi connectivity index (χ3v) is 5.00. The third-order valence-electron chi connectivity index (χ3n) is 5.00. The number of hydrogen-bond acceptors (Lipinski definition) is 3. The minimum atomic E-state index is 0. The van der Waals surface area contributed by atoms with Crippen molar-refractivity contribution in [1.82, 2.24) is 20.9 Å². The zero-order valence-corrected chi connectivity index (χ0v) is 20.5. The molecule has 1 amide bonds. The van der Waals surface area contributed by atoms with E-state index in [1.165, 1.54) is 11.1 Å². The molecule has 1 aromatic carbocycles. The first-order chi connectivity index (χ1) is 13.6. The minimum Gasteiger partial charge on any atom is -0.357 e. The van der Waals surface area contributed by atoms with Gasteiger partial charge in [0, 0.05) is 38.8 Å². The van der Waals surface area contributed by atoms with Crippen LogP contribution >= 0.6 is 24.0 Å². The molecule has 1 aromatic rings. The molecule has 0 bridgehead atoms. The van der Waals surface area contributed by atoms with Gasteiger partial charge in [0.15, 0.2) is 5.96 Å². The van der Waals surface area contributed by atoms with Gasteiger partial charge >= 0.3 is 0 Å². The van der Waals surface area contributed by atoms with Gasteiger partial charge in [0.05, 0.1) is 6.54 Å². The normalized spacial score (nSPS) is 15.5. The number of likely N-dealkylation sites (tertiary alicyclic amines) is 1. The van der Waals surface area contributed by atoms with Crippen molar-refractivity contribution in [3.05, 3.63) is 35.4 Å². The Balaban J connectivity index is 0.00000420. The summed E-state index contributed by atoms with van der Waals surface area (Å²) >= 11 is 0. The first-order valence-corrected chi connectivity index (χ1v) is 10.7. The van der Waals surface area contributed by atoms with Gasteiger partial charge in [0.2, 0.25) is 5.91 Å². The molecule has 6 nitrogen and oxygen atoms in total. The number of guanidine groups is 1. The first-order valence-electron chi connectivity index (χ1n) is 10.7. The first kappa shape index (κ1) is 25.7. The van der Waals surface area contributed by atoms with Crippen molar-refractivity contribution < 1.29 is 4.79 Å². The quantitative estimate of drug-likeness (QED) is 0.269. The second-order valence-corrected chi connectivity index (χ2v) is 7.54. The van der Waals surface area contributed by atoms with E-state index in [1.807, 2.05) is 0 Å². The van der Waals surface area contributed by atoms with E-state index in [-0.39, 0.29) is 29.9 Å². The summed E-state index contributed by atoms with van der Waals surface area (Å²) in [6, 6.07) is 9.07. The molecule has 1 fully saturated rings. The summed E-state index contributed by atoms with van der Waals surface area (Å²) in [6.07, 6.45) is 3.99. The molecule has 2 rings (SSSR count). The number of rotatable bonds is 9. The summed E-state index contributed by atoms with van der Waals surface area (Å²) in [5, 5.41) is 9.88. The Bertz CT molecular complexity index is 612. The Kier molecular flexibility index (Phi) is 12.9. The molecule has 29 heavy (non-hydrogen) atoms. The maximum atomic E-state index is 11.9. The second kappa shape index (κ2) is 14.6. The maximum Gasteiger partial charge on any atom is 0.234 e. The lowest BCUT2D eigenvalue weighted by molar-refractivity contribution is -0.122. The van der Waals surface area contributed by atoms with Crippen LogP contribution < -0.4 is 16.0 Å². The van der Waals surface area contributed by atoms with Crippen molar-refractivity contribution in [2.45, 2.75) is 52.5 Å². The molecular formula is C22H38IN5O. The molecule has 0 aromatic heterocycles. The fourth-order valence-corrected chi connectivity index (χ4v) is 3.32. The van der Waals surface area contributed by atoms with Crippen LogP contribution in [-0.4, -0.2) is 62.1 Å². The zero-order valence-electron chi connectivity index (χ0n) is 18.2. The molecule has 0 radical (unpaired) electrons. The summed E-state index contributed by atoms with van der Waals surface area (Å²) in [4.78, 5) is 18.9. The van der Waals surface area contributed by atoms with E-state index >= 15 is 0 Å². The molecule has 1 aliphatic rings. The highest BCUT2D eigenvalue weighted by atomic mass is 127. The molecule has 0 aliphatic carbocycles. The van der Waals surface area contributed by atoms with Crippen molar-refractivity contribution in [2.24, 2.45) is 4.99 Å². The number of aryl methyl sites for hydroxylation is 1. The number of amides is 1. The summed E-state index contributed by atoms with van der Waals surface area (Å²) in [5.41, 5.74) is 2.61. The maximum absolute atomic E-state index is 11.9. The Morgan fingerprint density at radius 1 is 1.14 bits per heavy atom. The summed E-state index contributed by atoms with van der Waals surface area (Å²) in [6.45, 7) is 11.1. The molecule has 7 heteroatoms. The van der Waals surface area contributed by atoms with Crippen LogP contribution in [-0.2, 0) is 11.2 Å². The van der Waals surface area contributed by atoms with Crippen LogP contribution in [0.5, 0.6) is 0 Å². The van der Waals surface area contributed by atoms with Crippen LogP contribution in [0.25, 0.3) is 0 Å². The Labute approximate surface area is 193 Å². The molecular weight excluding hydrogens is 477 g/mol. The molecule has 0 saturated carbocycles. The van der Waals surface area contributed by atoms with Crippen LogP contribution in [0.1, 0.15) is 44.2 Å².